The lowest BCUT2D eigenvalue weighted by atomic mass is 9.85. The van der Waals surface area contributed by atoms with Crippen molar-refractivity contribution in [2.24, 2.45) is 5.92 Å². The van der Waals surface area contributed by atoms with Crippen LogP contribution in [0, 0.1) is 12.8 Å². The highest BCUT2D eigenvalue weighted by Crippen LogP contribution is 2.47. The van der Waals surface area contributed by atoms with Gasteiger partial charge in [-0.3, -0.25) is 0 Å². The lowest BCUT2D eigenvalue weighted by molar-refractivity contribution is 0.365. The molecule has 0 aromatic heterocycles. The third-order valence-electron chi connectivity index (χ3n) is 3.60. The molecule has 1 saturated carbocycles. The van der Waals surface area contributed by atoms with E-state index in [0.717, 1.165) is 5.56 Å². The van der Waals surface area contributed by atoms with Gasteiger partial charge >= 0.3 is 0 Å². The first-order valence-electron chi connectivity index (χ1n) is 5.73. The van der Waals surface area contributed by atoms with E-state index in [2.05, 4.69) is 23.0 Å². The van der Waals surface area contributed by atoms with Gasteiger partial charge in [0.2, 0.25) is 0 Å². The van der Waals surface area contributed by atoms with Crippen LogP contribution in [0.15, 0.2) is 30.5 Å². The van der Waals surface area contributed by atoms with Gasteiger partial charge in [0.05, 0.1) is 5.54 Å². The second kappa shape index (κ2) is 3.25. The number of benzene rings is 1. The van der Waals surface area contributed by atoms with Crippen molar-refractivity contribution in [2.75, 3.05) is 0 Å². The van der Waals surface area contributed by atoms with Gasteiger partial charge in [0, 0.05) is 6.20 Å². The van der Waals surface area contributed by atoms with E-state index in [9.17, 15) is 5.11 Å². The molecule has 1 atom stereocenters. The molecular weight excluding hydrogens is 200 g/mol. The van der Waals surface area contributed by atoms with Crippen LogP contribution in [0.25, 0.3) is 0 Å². The maximum Gasteiger partial charge on any atom is 0.118 e. The van der Waals surface area contributed by atoms with Crippen LogP contribution in [0.3, 0.4) is 0 Å². The van der Waals surface area contributed by atoms with Crippen molar-refractivity contribution in [2.45, 2.75) is 25.3 Å². The van der Waals surface area contributed by atoms with Gasteiger partial charge in [-0.05, 0) is 49.0 Å². The molecule has 3 heteroatoms. The predicted molar refractivity (Wildman–Crippen MR) is 62.7 cm³/mol. The summed E-state index contributed by atoms with van der Waals surface area (Å²) in [5, 5.41) is 9.57. The molecule has 1 aliphatic heterocycles. The number of phenolic OH excluding ortho intramolecular Hbond substituents is 1. The van der Waals surface area contributed by atoms with E-state index in [1.807, 2.05) is 19.2 Å². The molecule has 1 heterocycles. The number of aryl methyl sites for hydroxylation is 1. The number of hydrogen-bond donors (Lipinski definition) is 3. The fourth-order valence-electron chi connectivity index (χ4n) is 2.47. The Morgan fingerprint density at radius 2 is 2.19 bits per heavy atom. The van der Waals surface area contributed by atoms with Crippen LogP contribution >= 0.6 is 0 Å². The average Bonchev–Trinajstić information content (AvgIpc) is 3.02. The number of hydrogen-bond acceptors (Lipinski definition) is 3. The van der Waals surface area contributed by atoms with Crippen molar-refractivity contribution >= 4 is 0 Å². The van der Waals surface area contributed by atoms with E-state index in [0.29, 0.717) is 11.7 Å². The van der Waals surface area contributed by atoms with E-state index >= 15 is 0 Å². The molecule has 1 fully saturated rings. The van der Waals surface area contributed by atoms with Crippen molar-refractivity contribution in [3.8, 4) is 5.75 Å². The maximum atomic E-state index is 9.57. The van der Waals surface area contributed by atoms with Crippen LogP contribution in [0.4, 0.5) is 0 Å². The SMILES string of the molecule is Cc1cc(C2(C3CC3)C=CNN2)ccc1O. The first-order chi connectivity index (χ1) is 7.72. The minimum atomic E-state index is -0.0710. The zero-order valence-corrected chi connectivity index (χ0v) is 9.33. The van der Waals surface area contributed by atoms with Crippen LogP contribution < -0.4 is 10.9 Å². The summed E-state index contributed by atoms with van der Waals surface area (Å²) in [6.07, 6.45) is 6.68. The van der Waals surface area contributed by atoms with Gasteiger partial charge in [0.15, 0.2) is 0 Å². The smallest absolute Gasteiger partial charge is 0.118 e. The van der Waals surface area contributed by atoms with Crippen molar-refractivity contribution in [3.05, 3.63) is 41.6 Å². The highest BCUT2D eigenvalue weighted by atomic mass is 16.3. The van der Waals surface area contributed by atoms with Crippen molar-refractivity contribution < 1.29 is 5.11 Å². The molecule has 1 aromatic carbocycles. The molecule has 3 rings (SSSR count). The molecular formula is C13H16N2O. The minimum Gasteiger partial charge on any atom is -0.508 e. The summed E-state index contributed by atoms with van der Waals surface area (Å²) in [6.45, 7) is 1.94. The molecule has 2 aliphatic rings. The van der Waals surface area contributed by atoms with Gasteiger partial charge in [-0.25, -0.2) is 5.43 Å². The number of hydrazine groups is 1. The van der Waals surface area contributed by atoms with Crippen molar-refractivity contribution in [1.82, 2.24) is 10.9 Å². The van der Waals surface area contributed by atoms with Crippen molar-refractivity contribution in [3.63, 3.8) is 0 Å². The lowest BCUT2D eigenvalue weighted by Gasteiger charge is -2.28. The highest BCUT2D eigenvalue weighted by Gasteiger charge is 2.46. The molecule has 0 bridgehead atoms. The molecule has 0 radical (unpaired) electrons. The number of phenols is 1. The Labute approximate surface area is 95.1 Å². The first-order valence-corrected chi connectivity index (χ1v) is 5.73. The number of rotatable bonds is 2. The Kier molecular flexibility index (Phi) is 1.98. The third kappa shape index (κ3) is 1.32. The van der Waals surface area contributed by atoms with Gasteiger partial charge in [-0.2, -0.15) is 0 Å². The van der Waals surface area contributed by atoms with Gasteiger partial charge in [-0.1, -0.05) is 12.1 Å². The molecule has 1 unspecified atom stereocenters. The average molecular weight is 216 g/mol. The van der Waals surface area contributed by atoms with Gasteiger partial charge in [0.1, 0.15) is 5.75 Å². The number of aromatic hydroxyl groups is 1. The largest absolute Gasteiger partial charge is 0.508 e. The fraction of sp³-hybridized carbons (Fsp3) is 0.385. The molecule has 0 saturated heterocycles. The Balaban J connectivity index is 2.06. The summed E-state index contributed by atoms with van der Waals surface area (Å²) in [6, 6.07) is 5.85. The molecule has 16 heavy (non-hydrogen) atoms. The standard InChI is InChI=1S/C13H16N2O/c1-9-8-11(4-5-12(9)16)13(10-2-3-10)6-7-14-15-13/h4-8,10,14-16H,2-3H2,1H3. The zero-order chi connectivity index (χ0) is 11.2. The zero-order valence-electron chi connectivity index (χ0n) is 9.33. The molecule has 3 N–H and O–H groups in total. The maximum absolute atomic E-state index is 9.57. The van der Waals surface area contributed by atoms with Gasteiger partial charge < -0.3 is 10.5 Å². The van der Waals surface area contributed by atoms with Gasteiger partial charge in [-0.15, -0.1) is 0 Å². The monoisotopic (exact) mass is 216 g/mol. The van der Waals surface area contributed by atoms with Crippen molar-refractivity contribution in [1.29, 1.82) is 0 Å². The van der Waals surface area contributed by atoms with E-state index in [4.69, 9.17) is 0 Å². The van der Waals surface area contributed by atoms with E-state index in [1.54, 1.807) is 6.07 Å². The molecule has 84 valence electrons. The Bertz CT molecular complexity index is 451. The topological polar surface area (TPSA) is 44.3 Å². The number of nitrogens with one attached hydrogen (secondary N) is 2. The highest BCUT2D eigenvalue weighted by molar-refractivity contribution is 5.42. The lowest BCUT2D eigenvalue weighted by Crippen LogP contribution is -2.43. The molecule has 3 nitrogen and oxygen atoms in total. The molecule has 1 aromatic rings. The Hall–Kier alpha value is -1.48. The normalized spacial score (nSPS) is 28.1. The van der Waals surface area contributed by atoms with Crippen LogP contribution in [0.2, 0.25) is 0 Å². The van der Waals surface area contributed by atoms with Crippen LogP contribution in [-0.4, -0.2) is 5.11 Å². The third-order valence-corrected chi connectivity index (χ3v) is 3.60. The molecule has 0 amide bonds. The first kappa shape index (κ1) is 9.73. The summed E-state index contributed by atoms with van der Waals surface area (Å²) in [4.78, 5) is 0. The van der Waals surface area contributed by atoms with Crippen LogP contribution in [-0.2, 0) is 5.54 Å². The summed E-state index contributed by atoms with van der Waals surface area (Å²) in [5.74, 6) is 1.03. The van der Waals surface area contributed by atoms with Crippen LogP contribution in [0.1, 0.15) is 24.0 Å². The fourth-order valence-corrected chi connectivity index (χ4v) is 2.47. The summed E-state index contributed by atoms with van der Waals surface area (Å²) in [7, 11) is 0. The summed E-state index contributed by atoms with van der Waals surface area (Å²) >= 11 is 0. The Morgan fingerprint density at radius 1 is 1.38 bits per heavy atom. The van der Waals surface area contributed by atoms with E-state index < -0.39 is 0 Å². The molecule has 0 spiro atoms. The second-order valence-electron chi connectivity index (χ2n) is 4.75. The Morgan fingerprint density at radius 3 is 2.75 bits per heavy atom. The summed E-state index contributed by atoms with van der Waals surface area (Å²) in [5.41, 5.74) is 8.51. The minimum absolute atomic E-state index is 0.0710. The predicted octanol–water partition coefficient (Wildman–Crippen LogP) is 1.93. The second-order valence-corrected chi connectivity index (χ2v) is 4.75. The molecule has 1 aliphatic carbocycles. The van der Waals surface area contributed by atoms with Crippen LogP contribution in [0.5, 0.6) is 5.75 Å². The summed E-state index contributed by atoms with van der Waals surface area (Å²) < 4.78 is 0. The quantitative estimate of drug-likeness (QED) is 0.707. The van der Waals surface area contributed by atoms with E-state index in [1.165, 1.54) is 18.4 Å². The van der Waals surface area contributed by atoms with Gasteiger partial charge in [0.25, 0.3) is 0 Å². The van der Waals surface area contributed by atoms with E-state index in [-0.39, 0.29) is 5.54 Å².